The molecule has 0 aromatic heterocycles. The van der Waals surface area contributed by atoms with Gasteiger partial charge in [-0.3, -0.25) is 4.99 Å². The van der Waals surface area contributed by atoms with E-state index in [-0.39, 0.29) is 17.9 Å². The lowest BCUT2D eigenvalue weighted by Gasteiger charge is -2.10. The molecule has 0 unspecified atom stereocenters. The number of thioether (sulfide) groups is 1. The van der Waals surface area contributed by atoms with Crippen LogP contribution < -0.4 is 4.74 Å². The summed E-state index contributed by atoms with van der Waals surface area (Å²) in [6.45, 7) is 5.25. The molecule has 0 aliphatic carbocycles. The zero-order valence-electron chi connectivity index (χ0n) is 12.3. The van der Waals surface area contributed by atoms with Gasteiger partial charge >= 0.3 is 0 Å². The summed E-state index contributed by atoms with van der Waals surface area (Å²) < 4.78 is 10.6. The molecular formula is C15H21NO4S. The van der Waals surface area contributed by atoms with E-state index in [1.54, 1.807) is 17.8 Å². The van der Waals surface area contributed by atoms with Gasteiger partial charge in [0.05, 0.1) is 25.4 Å². The number of rotatable bonds is 7. The Kier molecular flexibility index (Phi) is 5.50. The number of nitrogens with zero attached hydrogens (tertiary/aromatic N) is 1. The molecule has 0 radical (unpaired) electrons. The number of phenols is 1. The van der Waals surface area contributed by atoms with Crippen molar-refractivity contribution in [2.45, 2.75) is 19.4 Å². The van der Waals surface area contributed by atoms with E-state index < -0.39 is 0 Å². The fourth-order valence-corrected chi connectivity index (χ4v) is 3.08. The van der Waals surface area contributed by atoms with Gasteiger partial charge in [-0.05, 0) is 26.0 Å². The normalized spacial score (nSPS) is 16.8. The summed E-state index contributed by atoms with van der Waals surface area (Å²) in [7, 11) is 0. The molecule has 1 heterocycles. The summed E-state index contributed by atoms with van der Waals surface area (Å²) in [4.78, 5) is 4.61. The van der Waals surface area contributed by atoms with Gasteiger partial charge in [-0.1, -0.05) is 0 Å². The molecular weight excluding hydrogens is 290 g/mol. The van der Waals surface area contributed by atoms with Crippen molar-refractivity contribution in [3.63, 3.8) is 0 Å². The number of hydrogen-bond acceptors (Lipinski definition) is 6. The van der Waals surface area contributed by atoms with Gasteiger partial charge in [0.2, 0.25) is 0 Å². The summed E-state index contributed by atoms with van der Waals surface area (Å²) in [5, 5.41) is 19.6. The lowest BCUT2D eigenvalue weighted by atomic mass is 10.1. The maximum absolute atomic E-state index is 10.1. The van der Waals surface area contributed by atoms with E-state index in [4.69, 9.17) is 14.6 Å². The van der Waals surface area contributed by atoms with Crippen LogP contribution in [0, 0.1) is 0 Å². The second kappa shape index (κ2) is 7.15. The Balaban J connectivity index is 1.95. The summed E-state index contributed by atoms with van der Waals surface area (Å²) in [6.07, 6.45) is 0. The Morgan fingerprint density at radius 3 is 2.71 bits per heavy atom. The second-order valence-electron chi connectivity index (χ2n) is 5.38. The van der Waals surface area contributed by atoms with Crippen LogP contribution in [0.3, 0.4) is 0 Å². The van der Waals surface area contributed by atoms with Crippen LogP contribution >= 0.6 is 11.8 Å². The standard InChI is InChI=1S/C15H21NO4S/c1-15(2)10-21-14(16-15)12-4-3-11(9-13(12)18)20-8-7-19-6-5-17/h3-4,9,17-18H,5-8,10H2,1-2H3. The lowest BCUT2D eigenvalue weighted by molar-refractivity contribution is 0.0705. The molecule has 5 nitrogen and oxygen atoms in total. The third-order valence-corrected chi connectivity index (χ3v) is 4.33. The van der Waals surface area contributed by atoms with E-state index >= 15 is 0 Å². The molecule has 0 amide bonds. The topological polar surface area (TPSA) is 71.3 Å². The number of hydrogen-bond donors (Lipinski definition) is 2. The molecule has 2 rings (SSSR count). The Bertz CT molecular complexity index is 516. The van der Waals surface area contributed by atoms with Crippen molar-refractivity contribution >= 4 is 16.8 Å². The van der Waals surface area contributed by atoms with Crippen molar-refractivity contribution < 1.29 is 19.7 Å². The number of benzene rings is 1. The zero-order valence-corrected chi connectivity index (χ0v) is 13.2. The molecule has 1 aliphatic heterocycles. The van der Waals surface area contributed by atoms with E-state index in [1.807, 2.05) is 12.1 Å². The maximum Gasteiger partial charge on any atom is 0.129 e. The molecule has 0 saturated carbocycles. The third-order valence-electron chi connectivity index (χ3n) is 2.90. The molecule has 0 spiro atoms. The minimum absolute atomic E-state index is 0.00557. The molecule has 21 heavy (non-hydrogen) atoms. The largest absolute Gasteiger partial charge is 0.507 e. The SMILES string of the molecule is CC1(C)CSC(c2ccc(OCCOCCO)cc2O)=N1. The van der Waals surface area contributed by atoms with Gasteiger partial charge < -0.3 is 19.7 Å². The number of aromatic hydroxyl groups is 1. The van der Waals surface area contributed by atoms with Crippen molar-refractivity contribution in [2.75, 3.05) is 32.2 Å². The number of aliphatic hydroxyl groups excluding tert-OH is 1. The van der Waals surface area contributed by atoms with Gasteiger partial charge in [-0.15, -0.1) is 11.8 Å². The fraction of sp³-hybridized carbons (Fsp3) is 0.533. The number of aliphatic hydroxyl groups is 1. The minimum atomic E-state index is -0.0777. The molecule has 6 heteroatoms. The van der Waals surface area contributed by atoms with Crippen LogP contribution in [-0.4, -0.2) is 53.0 Å². The second-order valence-corrected chi connectivity index (χ2v) is 6.35. The van der Waals surface area contributed by atoms with Gasteiger partial charge in [-0.25, -0.2) is 0 Å². The Hall–Kier alpha value is -1.24. The highest BCUT2D eigenvalue weighted by atomic mass is 32.2. The number of aliphatic imine (C=N–C) groups is 1. The smallest absolute Gasteiger partial charge is 0.129 e. The Labute approximate surface area is 129 Å². The molecule has 0 saturated heterocycles. The molecule has 116 valence electrons. The predicted octanol–water partition coefficient (Wildman–Crippen LogP) is 2.05. The molecule has 1 aromatic rings. The molecule has 0 fully saturated rings. The highest BCUT2D eigenvalue weighted by Gasteiger charge is 2.27. The summed E-state index contributed by atoms with van der Waals surface area (Å²) in [5.74, 6) is 1.68. The highest BCUT2D eigenvalue weighted by Crippen LogP contribution is 2.34. The van der Waals surface area contributed by atoms with Crippen LogP contribution in [0.15, 0.2) is 23.2 Å². The lowest BCUT2D eigenvalue weighted by Crippen LogP contribution is -2.15. The molecule has 1 aliphatic rings. The first-order valence-corrected chi connectivity index (χ1v) is 7.88. The average molecular weight is 311 g/mol. The summed E-state index contributed by atoms with van der Waals surface area (Å²) in [5.41, 5.74) is 0.667. The third kappa shape index (κ3) is 4.62. The van der Waals surface area contributed by atoms with E-state index in [0.717, 1.165) is 16.4 Å². The summed E-state index contributed by atoms with van der Waals surface area (Å²) >= 11 is 1.65. The maximum atomic E-state index is 10.1. The van der Waals surface area contributed by atoms with E-state index in [1.165, 1.54) is 0 Å². The molecule has 2 N–H and O–H groups in total. The first-order chi connectivity index (χ1) is 10.0. The molecule has 0 bridgehead atoms. The highest BCUT2D eigenvalue weighted by molar-refractivity contribution is 8.14. The monoisotopic (exact) mass is 311 g/mol. The van der Waals surface area contributed by atoms with E-state index in [9.17, 15) is 5.11 Å². The Morgan fingerprint density at radius 1 is 1.29 bits per heavy atom. The van der Waals surface area contributed by atoms with Crippen LogP contribution in [0.25, 0.3) is 0 Å². The van der Waals surface area contributed by atoms with Crippen molar-refractivity contribution in [3.05, 3.63) is 23.8 Å². The van der Waals surface area contributed by atoms with Crippen LogP contribution in [0.4, 0.5) is 0 Å². The van der Waals surface area contributed by atoms with Crippen molar-refractivity contribution in [1.82, 2.24) is 0 Å². The molecule has 1 aromatic carbocycles. The summed E-state index contributed by atoms with van der Waals surface area (Å²) in [6, 6.07) is 5.23. The van der Waals surface area contributed by atoms with Crippen molar-refractivity contribution in [3.8, 4) is 11.5 Å². The van der Waals surface area contributed by atoms with Crippen molar-refractivity contribution in [1.29, 1.82) is 0 Å². The van der Waals surface area contributed by atoms with Gasteiger partial charge in [-0.2, -0.15) is 0 Å². The van der Waals surface area contributed by atoms with Crippen LogP contribution in [0.2, 0.25) is 0 Å². The fourth-order valence-electron chi connectivity index (χ4n) is 1.89. The van der Waals surface area contributed by atoms with Crippen molar-refractivity contribution in [2.24, 2.45) is 4.99 Å². The van der Waals surface area contributed by atoms with Crippen LogP contribution in [-0.2, 0) is 4.74 Å². The number of ether oxygens (including phenoxy) is 2. The van der Waals surface area contributed by atoms with Gasteiger partial charge in [0.25, 0.3) is 0 Å². The molecule has 0 atom stereocenters. The predicted molar refractivity (Wildman–Crippen MR) is 84.6 cm³/mol. The minimum Gasteiger partial charge on any atom is -0.507 e. The van der Waals surface area contributed by atoms with Gasteiger partial charge in [0.15, 0.2) is 0 Å². The first kappa shape index (κ1) is 16.1. The zero-order chi connectivity index (χ0) is 15.3. The van der Waals surface area contributed by atoms with Crippen LogP contribution in [0.5, 0.6) is 11.5 Å². The van der Waals surface area contributed by atoms with Gasteiger partial charge in [0.1, 0.15) is 23.1 Å². The first-order valence-electron chi connectivity index (χ1n) is 6.89. The van der Waals surface area contributed by atoms with Crippen LogP contribution in [0.1, 0.15) is 19.4 Å². The van der Waals surface area contributed by atoms with E-state index in [2.05, 4.69) is 18.8 Å². The van der Waals surface area contributed by atoms with E-state index in [0.29, 0.717) is 25.6 Å². The Morgan fingerprint density at radius 2 is 2.10 bits per heavy atom. The average Bonchev–Trinajstić information content (AvgIpc) is 2.79. The van der Waals surface area contributed by atoms with Gasteiger partial charge in [0, 0.05) is 17.4 Å². The quantitative estimate of drug-likeness (QED) is 0.754. The number of phenolic OH excluding ortho intramolecular Hbond substituents is 1.